The minimum atomic E-state index is -0.688. The third-order valence-corrected chi connectivity index (χ3v) is 7.22. The standard InChI is InChI=1S/C22H31ClFN5O/c1-4-19-16(21-17(23)11-26-29(21)3)10-20(28(19)2)22(30)27-18-12-25-8-7-15(18)13-5-6-14(24)9-13/h10-11,13-15,18,25H,4-9,12H2,1-3H3,(H,27,30)/t13?,14?,15-,18+/m1/s1. The van der Waals surface area contributed by atoms with Gasteiger partial charge in [-0.15, -0.1) is 0 Å². The number of hydrogen-bond acceptors (Lipinski definition) is 3. The Hall–Kier alpha value is -1.86. The van der Waals surface area contributed by atoms with E-state index in [-0.39, 0.29) is 11.9 Å². The zero-order valence-electron chi connectivity index (χ0n) is 17.9. The number of rotatable bonds is 5. The Morgan fingerprint density at radius 1 is 1.37 bits per heavy atom. The molecule has 2 unspecified atom stereocenters. The van der Waals surface area contributed by atoms with E-state index in [9.17, 15) is 9.18 Å². The van der Waals surface area contributed by atoms with Crippen LogP contribution in [0, 0.1) is 11.8 Å². The van der Waals surface area contributed by atoms with Gasteiger partial charge in [-0.05, 0) is 56.6 Å². The Bertz CT molecular complexity index is 904. The van der Waals surface area contributed by atoms with Crippen LogP contribution < -0.4 is 10.6 Å². The fourth-order valence-corrected chi connectivity index (χ4v) is 5.67. The fourth-order valence-electron chi connectivity index (χ4n) is 5.40. The van der Waals surface area contributed by atoms with E-state index in [1.807, 2.05) is 24.7 Å². The van der Waals surface area contributed by atoms with Crippen molar-refractivity contribution in [2.75, 3.05) is 13.1 Å². The van der Waals surface area contributed by atoms with E-state index in [1.54, 1.807) is 10.9 Å². The van der Waals surface area contributed by atoms with Gasteiger partial charge >= 0.3 is 0 Å². The number of aromatic nitrogens is 3. The summed E-state index contributed by atoms with van der Waals surface area (Å²) in [6.07, 6.45) is 4.89. The average Bonchev–Trinajstić information content (AvgIpc) is 3.39. The Labute approximate surface area is 182 Å². The van der Waals surface area contributed by atoms with Gasteiger partial charge in [-0.1, -0.05) is 18.5 Å². The zero-order valence-corrected chi connectivity index (χ0v) is 18.7. The first-order chi connectivity index (χ1) is 14.4. The van der Waals surface area contributed by atoms with Gasteiger partial charge in [-0.25, -0.2) is 4.39 Å². The predicted octanol–water partition coefficient (Wildman–Crippen LogP) is 3.49. The van der Waals surface area contributed by atoms with Crippen molar-refractivity contribution in [2.45, 2.75) is 51.2 Å². The maximum absolute atomic E-state index is 13.8. The quantitative estimate of drug-likeness (QED) is 0.755. The molecule has 1 saturated heterocycles. The molecule has 1 amide bonds. The molecule has 4 rings (SSSR count). The molecule has 0 spiro atoms. The van der Waals surface area contributed by atoms with Crippen molar-refractivity contribution < 1.29 is 9.18 Å². The van der Waals surface area contributed by atoms with Crippen LogP contribution in [0.4, 0.5) is 4.39 Å². The highest BCUT2D eigenvalue weighted by Crippen LogP contribution is 2.38. The molecule has 1 aliphatic carbocycles. The van der Waals surface area contributed by atoms with Crippen molar-refractivity contribution in [3.8, 4) is 11.3 Å². The van der Waals surface area contributed by atoms with Gasteiger partial charge in [0, 0.05) is 37.9 Å². The summed E-state index contributed by atoms with van der Waals surface area (Å²) in [7, 11) is 3.77. The Morgan fingerprint density at radius 3 is 2.80 bits per heavy atom. The molecule has 3 heterocycles. The molecule has 6 nitrogen and oxygen atoms in total. The largest absolute Gasteiger partial charge is 0.346 e. The van der Waals surface area contributed by atoms with Crippen molar-refractivity contribution in [1.29, 1.82) is 0 Å². The monoisotopic (exact) mass is 435 g/mol. The van der Waals surface area contributed by atoms with E-state index >= 15 is 0 Å². The molecule has 1 saturated carbocycles. The van der Waals surface area contributed by atoms with Crippen molar-refractivity contribution in [2.24, 2.45) is 25.9 Å². The third-order valence-electron chi connectivity index (χ3n) is 6.94. The highest BCUT2D eigenvalue weighted by Gasteiger charge is 2.37. The second-order valence-corrected chi connectivity index (χ2v) is 9.08. The van der Waals surface area contributed by atoms with Crippen molar-refractivity contribution in [3.05, 3.63) is 28.7 Å². The van der Waals surface area contributed by atoms with Gasteiger partial charge in [-0.2, -0.15) is 5.10 Å². The number of nitrogens with one attached hydrogen (secondary N) is 2. The third kappa shape index (κ3) is 3.89. The molecule has 2 fully saturated rings. The van der Waals surface area contributed by atoms with Gasteiger partial charge in [-0.3, -0.25) is 9.48 Å². The summed E-state index contributed by atoms with van der Waals surface area (Å²) in [6, 6.07) is 1.93. The molecular weight excluding hydrogens is 405 g/mol. The molecular formula is C22H31ClFN5O. The van der Waals surface area contributed by atoms with Crippen LogP contribution in [-0.4, -0.2) is 45.6 Å². The molecule has 0 radical (unpaired) electrons. The normalized spacial score (nSPS) is 26.8. The van der Waals surface area contributed by atoms with Crippen LogP contribution >= 0.6 is 11.6 Å². The van der Waals surface area contributed by atoms with Crippen molar-refractivity contribution >= 4 is 17.5 Å². The van der Waals surface area contributed by atoms with E-state index in [1.165, 1.54) is 0 Å². The van der Waals surface area contributed by atoms with Gasteiger partial charge in [0.2, 0.25) is 0 Å². The number of halogens is 2. The lowest BCUT2D eigenvalue weighted by atomic mass is 9.80. The lowest BCUT2D eigenvalue weighted by Gasteiger charge is -2.36. The van der Waals surface area contributed by atoms with Crippen LogP contribution in [0.2, 0.25) is 5.02 Å². The van der Waals surface area contributed by atoms with Gasteiger partial charge < -0.3 is 15.2 Å². The van der Waals surface area contributed by atoms with E-state index in [0.717, 1.165) is 49.3 Å². The maximum atomic E-state index is 13.8. The molecule has 30 heavy (non-hydrogen) atoms. The first-order valence-corrected chi connectivity index (χ1v) is 11.3. The number of alkyl halides is 1. The lowest BCUT2D eigenvalue weighted by molar-refractivity contribution is 0.0880. The van der Waals surface area contributed by atoms with Crippen LogP contribution in [0.5, 0.6) is 0 Å². The van der Waals surface area contributed by atoms with Crippen LogP contribution in [-0.2, 0) is 20.5 Å². The predicted molar refractivity (Wildman–Crippen MR) is 116 cm³/mol. The second kappa shape index (κ2) is 8.71. The Kier molecular flexibility index (Phi) is 6.21. The smallest absolute Gasteiger partial charge is 0.268 e. The SMILES string of the molecule is CCc1c(-c2c(Cl)cnn2C)cc(C(=O)N[C@H]2CNCC[C@@H]2C2CCC(F)C2)n1C. The first kappa shape index (κ1) is 21.4. The molecule has 2 N–H and O–H groups in total. The van der Waals surface area contributed by atoms with Crippen LogP contribution in [0.15, 0.2) is 12.3 Å². The maximum Gasteiger partial charge on any atom is 0.268 e. The minimum Gasteiger partial charge on any atom is -0.346 e. The molecule has 0 aromatic carbocycles. The van der Waals surface area contributed by atoms with Gasteiger partial charge in [0.15, 0.2) is 0 Å². The molecule has 4 atom stereocenters. The number of nitrogens with zero attached hydrogens (tertiary/aromatic N) is 3. The molecule has 2 aliphatic rings. The summed E-state index contributed by atoms with van der Waals surface area (Å²) >= 11 is 6.38. The number of amides is 1. The van der Waals surface area contributed by atoms with Crippen LogP contribution in [0.3, 0.4) is 0 Å². The minimum absolute atomic E-state index is 0.0188. The highest BCUT2D eigenvalue weighted by molar-refractivity contribution is 6.33. The van der Waals surface area contributed by atoms with Gasteiger partial charge in [0.25, 0.3) is 5.91 Å². The number of piperidine rings is 1. The molecule has 8 heteroatoms. The summed E-state index contributed by atoms with van der Waals surface area (Å²) in [4.78, 5) is 13.3. The molecule has 1 aliphatic heterocycles. The zero-order chi connectivity index (χ0) is 21.4. The van der Waals surface area contributed by atoms with E-state index < -0.39 is 6.17 Å². The summed E-state index contributed by atoms with van der Waals surface area (Å²) < 4.78 is 17.5. The van der Waals surface area contributed by atoms with Crippen LogP contribution in [0.1, 0.15) is 48.8 Å². The molecule has 2 aromatic heterocycles. The second-order valence-electron chi connectivity index (χ2n) is 8.67. The van der Waals surface area contributed by atoms with E-state index in [0.29, 0.717) is 35.4 Å². The number of carbonyl (C=O) groups excluding carboxylic acids is 1. The van der Waals surface area contributed by atoms with Gasteiger partial charge in [0.1, 0.15) is 11.9 Å². The lowest BCUT2D eigenvalue weighted by Crippen LogP contribution is -2.53. The Balaban J connectivity index is 1.59. The summed E-state index contributed by atoms with van der Waals surface area (Å²) in [5.41, 5.74) is 3.41. The number of hydrogen-bond donors (Lipinski definition) is 2. The molecule has 2 aromatic rings. The van der Waals surface area contributed by atoms with E-state index in [4.69, 9.17) is 11.6 Å². The summed E-state index contributed by atoms with van der Waals surface area (Å²) in [5.74, 6) is 0.592. The highest BCUT2D eigenvalue weighted by atomic mass is 35.5. The number of aryl methyl sites for hydroxylation is 1. The topological polar surface area (TPSA) is 63.9 Å². The number of carbonyl (C=O) groups is 1. The Morgan fingerprint density at radius 2 is 2.17 bits per heavy atom. The molecule has 0 bridgehead atoms. The first-order valence-electron chi connectivity index (χ1n) is 10.9. The van der Waals surface area contributed by atoms with Crippen molar-refractivity contribution in [1.82, 2.24) is 25.0 Å². The summed E-state index contributed by atoms with van der Waals surface area (Å²) in [6.45, 7) is 3.73. The van der Waals surface area contributed by atoms with Crippen LogP contribution in [0.25, 0.3) is 11.3 Å². The van der Waals surface area contributed by atoms with Gasteiger partial charge in [0.05, 0.1) is 16.9 Å². The van der Waals surface area contributed by atoms with E-state index in [2.05, 4.69) is 22.7 Å². The molecule has 164 valence electrons. The fraction of sp³-hybridized carbons (Fsp3) is 0.636. The average molecular weight is 436 g/mol. The summed E-state index contributed by atoms with van der Waals surface area (Å²) in [5, 5.41) is 11.5. The van der Waals surface area contributed by atoms with Crippen molar-refractivity contribution in [3.63, 3.8) is 0 Å².